The van der Waals surface area contributed by atoms with Crippen LogP contribution < -0.4 is 5.32 Å². The molecule has 0 aliphatic carbocycles. The van der Waals surface area contributed by atoms with Crippen LogP contribution >= 0.6 is 11.6 Å². The molecule has 1 atom stereocenters. The summed E-state index contributed by atoms with van der Waals surface area (Å²) in [6, 6.07) is 9.35. The number of urea groups is 1. The number of aromatic nitrogens is 3. The average Bonchev–Trinajstić information content (AvgIpc) is 3.36. The first kappa shape index (κ1) is 21.2. The smallest absolute Gasteiger partial charge is 0.317 e. The third-order valence-corrected chi connectivity index (χ3v) is 5.99. The van der Waals surface area contributed by atoms with Crippen molar-refractivity contribution in [1.82, 2.24) is 29.9 Å². The van der Waals surface area contributed by atoms with Crippen molar-refractivity contribution >= 4 is 34.4 Å². The number of nitrogens with zero attached hydrogens (tertiary/aromatic N) is 4. The van der Waals surface area contributed by atoms with Crippen molar-refractivity contribution in [2.45, 2.75) is 38.9 Å². The molecule has 9 heteroatoms. The molecular formula is C22H27ClN6O2. The van der Waals surface area contributed by atoms with Gasteiger partial charge in [0.1, 0.15) is 6.54 Å². The van der Waals surface area contributed by atoms with Crippen LogP contribution in [0.4, 0.5) is 4.79 Å². The molecule has 0 bridgehead atoms. The molecule has 164 valence electrons. The number of aromatic amines is 1. The third-order valence-electron chi connectivity index (χ3n) is 5.76. The lowest BCUT2D eigenvalue weighted by molar-refractivity contribution is -0.133. The van der Waals surface area contributed by atoms with Crippen LogP contribution in [0.5, 0.6) is 0 Å². The van der Waals surface area contributed by atoms with Gasteiger partial charge in [-0.15, -0.1) is 0 Å². The molecule has 0 radical (unpaired) electrons. The fourth-order valence-corrected chi connectivity index (χ4v) is 4.19. The number of amides is 3. The Morgan fingerprint density at radius 2 is 2.16 bits per heavy atom. The van der Waals surface area contributed by atoms with Gasteiger partial charge in [0.25, 0.3) is 0 Å². The number of fused-ring (bicyclic) bond motifs is 1. The summed E-state index contributed by atoms with van der Waals surface area (Å²) < 4.78 is 1.66. The Bertz CT molecular complexity index is 1090. The van der Waals surface area contributed by atoms with Gasteiger partial charge in [-0.05, 0) is 50.1 Å². The summed E-state index contributed by atoms with van der Waals surface area (Å²) in [4.78, 5) is 32.2. The van der Waals surface area contributed by atoms with Crippen LogP contribution in [0.15, 0.2) is 36.5 Å². The molecule has 1 aliphatic rings. The number of likely N-dealkylation sites (N-methyl/N-ethyl adjacent to an activating group) is 1. The van der Waals surface area contributed by atoms with E-state index in [1.807, 2.05) is 48.4 Å². The molecule has 1 unspecified atom stereocenters. The number of carbonyl (C=O) groups is 2. The normalized spacial score (nSPS) is 16.5. The molecule has 2 N–H and O–H groups in total. The summed E-state index contributed by atoms with van der Waals surface area (Å²) in [5.74, 6) is 0.0262. The third kappa shape index (κ3) is 5.02. The molecule has 31 heavy (non-hydrogen) atoms. The largest absolute Gasteiger partial charge is 0.357 e. The molecule has 1 saturated heterocycles. The number of benzene rings is 1. The van der Waals surface area contributed by atoms with Crippen molar-refractivity contribution in [3.8, 4) is 0 Å². The van der Waals surface area contributed by atoms with Gasteiger partial charge in [-0.1, -0.05) is 11.6 Å². The standard InChI is InChI=1S/C22H27ClN6O2/c1-15-7-9-29(26-15)14-21(30)28-8-3-4-19(13-28)27(2)22(31)24-12-18-11-16-10-17(23)5-6-20(16)25-18/h5-7,9-11,19,25H,3-4,8,12-14H2,1-2H3,(H,24,31). The van der Waals surface area contributed by atoms with Crippen molar-refractivity contribution in [3.05, 3.63) is 52.9 Å². The summed E-state index contributed by atoms with van der Waals surface area (Å²) in [7, 11) is 1.79. The van der Waals surface area contributed by atoms with Crippen molar-refractivity contribution in [2.24, 2.45) is 0 Å². The molecule has 2 aromatic heterocycles. The van der Waals surface area contributed by atoms with Crippen LogP contribution in [0.1, 0.15) is 24.2 Å². The van der Waals surface area contributed by atoms with E-state index in [1.165, 1.54) is 0 Å². The summed E-state index contributed by atoms with van der Waals surface area (Å²) >= 11 is 6.04. The Balaban J connectivity index is 1.31. The predicted molar refractivity (Wildman–Crippen MR) is 120 cm³/mol. The molecule has 0 spiro atoms. The van der Waals surface area contributed by atoms with E-state index in [-0.39, 0.29) is 24.5 Å². The number of hydrogen-bond donors (Lipinski definition) is 2. The first-order chi connectivity index (χ1) is 14.9. The Kier molecular flexibility index (Phi) is 6.18. The molecule has 1 aromatic carbocycles. The topological polar surface area (TPSA) is 86.3 Å². The van der Waals surface area contributed by atoms with Crippen LogP contribution in [0.3, 0.4) is 0 Å². The molecule has 0 saturated carbocycles. The SMILES string of the molecule is Cc1ccn(CC(=O)N2CCCC(N(C)C(=O)NCc3cc4cc(Cl)ccc4[nH]3)C2)n1. The van der Waals surface area contributed by atoms with Crippen LogP contribution in [-0.2, 0) is 17.9 Å². The highest BCUT2D eigenvalue weighted by atomic mass is 35.5. The highest BCUT2D eigenvalue weighted by Gasteiger charge is 2.28. The fraction of sp³-hybridized carbons (Fsp3) is 0.409. The summed E-state index contributed by atoms with van der Waals surface area (Å²) in [6.07, 6.45) is 3.56. The number of H-pyrrole nitrogens is 1. The lowest BCUT2D eigenvalue weighted by atomic mass is 10.0. The predicted octanol–water partition coefficient (Wildman–Crippen LogP) is 3.16. The van der Waals surface area contributed by atoms with E-state index >= 15 is 0 Å². The molecule has 3 amide bonds. The van der Waals surface area contributed by atoms with Gasteiger partial charge in [0.2, 0.25) is 5.91 Å². The first-order valence-electron chi connectivity index (χ1n) is 10.4. The number of likely N-dealkylation sites (tertiary alicyclic amines) is 1. The number of nitrogens with one attached hydrogen (secondary N) is 2. The van der Waals surface area contributed by atoms with Crippen molar-refractivity contribution in [3.63, 3.8) is 0 Å². The fourth-order valence-electron chi connectivity index (χ4n) is 4.01. The minimum Gasteiger partial charge on any atom is -0.357 e. The maximum absolute atomic E-state index is 12.7. The van der Waals surface area contributed by atoms with Gasteiger partial charge in [-0.25, -0.2) is 4.79 Å². The van der Waals surface area contributed by atoms with E-state index in [2.05, 4.69) is 15.4 Å². The minimum atomic E-state index is -0.154. The van der Waals surface area contributed by atoms with Gasteiger partial charge < -0.3 is 20.1 Å². The Hall–Kier alpha value is -3.00. The van der Waals surface area contributed by atoms with E-state index in [9.17, 15) is 9.59 Å². The zero-order chi connectivity index (χ0) is 22.0. The van der Waals surface area contributed by atoms with Gasteiger partial charge in [-0.3, -0.25) is 9.48 Å². The van der Waals surface area contributed by atoms with Gasteiger partial charge in [0, 0.05) is 48.0 Å². The molecule has 1 aliphatic heterocycles. The molecule has 4 rings (SSSR count). The van der Waals surface area contributed by atoms with E-state index in [1.54, 1.807) is 16.6 Å². The molecule has 3 aromatic rings. The van der Waals surface area contributed by atoms with E-state index < -0.39 is 0 Å². The van der Waals surface area contributed by atoms with Crippen LogP contribution in [0.25, 0.3) is 10.9 Å². The van der Waals surface area contributed by atoms with Crippen molar-refractivity contribution < 1.29 is 9.59 Å². The Morgan fingerprint density at radius 3 is 2.94 bits per heavy atom. The number of piperidine rings is 1. The van der Waals surface area contributed by atoms with Gasteiger partial charge in [0.05, 0.1) is 18.3 Å². The maximum atomic E-state index is 12.7. The van der Waals surface area contributed by atoms with Gasteiger partial charge >= 0.3 is 6.03 Å². The van der Waals surface area contributed by atoms with Gasteiger partial charge in [0.15, 0.2) is 0 Å². The summed E-state index contributed by atoms with van der Waals surface area (Å²) in [5.41, 5.74) is 2.78. The number of halogens is 1. The first-order valence-corrected chi connectivity index (χ1v) is 10.8. The average molecular weight is 443 g/mol. The summed E-state index contributed by atoms with van der Waals surface area (Å²) in [5, 5.41) is 8.94. The van der Waals surface area contributed by atoms with Crippen molar-refractivity contribution in [1.29, 1.82) is 0 Å². The Morgan fingerprint density at radius 1 is 1.32 bits per heavy atom. The molecule has 1 fully saturated rings. The second-order valence-electron chi connectivity index (χ2n) is 8.09. The Labute approximate surface area is 186 Å². The second-order valence-corrected chi connectivity index (χ2v) is 8.52. The lowest BCUT2D eigenvalue weighted by Crippen LogP contribution is -2.53. The van der Waals surface area contributed by atoms with E-state index in [4.69, 9.17) is 11.6 Å². The highest BCUT2D eigenvalue weighted by molar-refractivity contribution is 6.31. The summed E-state index contributed by atoms with van der Waals surface area (Å²) in [6.45, 7) is 3.76. The maximum Gasteiger partial charge on any atom is 0.317 e. The number of rotatable bonds is 5. The number of aryl methyl sites for hydroxylation is 1. The quantitative estimate of drug-likeness (QED) is 0.636. The lowest BCUT2D eigenvalue weighted by Gasteiger charge is -2.37. The van der Waals surface area contributed by atoms with Crippen LogP contribution in [0.2, 0.25) is 5.02 Å². The molecular weight excluding hydrogens is 416 g/mol. The van der Waals surface area contributed by atoms with E-state index in [0.717, 1.165) is 35.1 Å². The highest BCUT2D eigenvalue weighted by Crippen LogP contribution is 2.20. The van der Waals surface area contributed by atoms with Crippen LogP contribution in [0, 0.1) is 6.92 Å². The second kappa shape index (κ2) is 9.01. The minimum absolute atomic E-state index is 0.0152. The van der Waals surface area contributed by atoms with Gasteiger partial charge in [-0.2, -0.15) is 5.10 Å². The number of hydrogen-bond acceptors (Lipinski definition) is 3. The monoisotopic (exact) mass is 442 g/mol. The van der Waals surface area contributed by atoms with E-state index in [0.29, 0.717) is 24.7 Å². The zero-order valence-electron chi connectivity index (χ0n) is 17.8. The number of carbonyl (C=O) groups excluding carboxylic acids is 2. The van der Waals surface area contributed by atoms with Crippen molar-refractivity contribution in [2.75, 3.05) is 20.1 Å². The zero-order valence-corrected chi connectivity index (χ0v) is 18.5. The van der Waals surface area contributed by atoms with Crippen LogP contribution in [-0.4, -0.2) is 62.7 Å². The molecule has 8 nitrogen and oxygen atoms in total. The molecule has 3 heterocycles.